The van der Waals surface area contributed by atoms with Crippen LogP contribution in [0.5, 0.6) is 5.75 Å². The van der Waals surface area contributed by atoms with E-state index < -0.39 is 12.1 Å². The molecule has 0 saturated heterocycles. The zero-order chi connectivity index (χ0) is 22.9. The van der Waals surface area contributed by atoms with Crippen LogP contribution in [0.3, 0.4) is 0 Å². The molecule has 168 valence electrons. The molecule has 9 heteroatoms. The molecule has 3 aromatic rings. The van der Waals surface area contributed by atoms with Gasteiger partial charge in [-0.05, 0) is 55.5 Å². The van der Waals surface area contributed by atoms with Crippen molar-refractivity contribution >= 4 is 17.1 Å². The summed E-state index contributed by atoms with van der Waals surface area (Å²) >= 11 is 6.23. The van der Waals surface area contributed by atoms with E-state index in [1.54, 1.807) is 11.6 Å². The van der Waals surface area contributed by atoms with Crippen LogP contribution < -0.4 is 10.3 Å². The van der Waals surface area contributed by atoms with Gasteiger partial charge in [-0.15, -0.1) is 18.3 Å². The number of hydrogen-bond donors (Lipinski definition) is 0. The molecule has 5 nitrogen and oxygen atoms in total. The Morgan fingerprint density at radius 3 is 2.35 bits per heavy atom. The maximum atomic E-state index is 13.3. The van der Waals surface area contributed by atoms with Crippen LogP contribution >= 0.6 is 11.6 Å². The lowest BCUT2D eigenvalue weighted by molar-refractivity contribution is -0.274. The van der Waals surface area contributed by atoms with E-state index in [-0.39, 0.29) is 22.3 Å². The summed E-state index contributed by atoms with van der Waals surface area (Å²) in [4.78, 5) is 13.3. The zero-order valence-electron chi connectivity index (χ0n) is 17.9. The van der Waals surface area contributed by atoms with Crippen molar-refractivity contribution in [1.82, 2.24) is 14.2 Å². The van der Waals surface area contributed by atoms with Crippen molar-refractivity contribution in [2.75, 3.05) is 0 Å². The Kier molecular flexibility index (Phi) is 6.69. The van der Waals surface area contributed by atoms with Crippen molar-refractivity contribution in [3.63, 3.8) is 0 Å². The molecule has 0 aliphatic heterocycles. The molecule has 0 bridgehead atoms. The molecule has 2 aromatic heterocycles. The lowest BCUT2D eigenvalue weighted by atomic mass is 9.91. The number of halogens is 4. The molecule has 0 unspecified atom stereocenters. The van der Waals surface area contributed by atoms with E-state index in [0.717, 1.165) is 49.1 Å². The number of alkyl halides is 3. The van der Waals surface area contributed by atoms with Gasteiger partial charge in [0.2, 0.25) is 0 Å². The third-order valence-electron chi connectivity index (χ3n) is 5.33. The molecule has 0 aliphatic rings. The van der Waals surface area contributed by atoms with E-state index in [9.17, 15) is 18.0 Å². The van der Waals surface area contributed by atoms with E-state index in [1.165, 1.54) is 10.6 Å². The number of aromatic nitrogens is 3. The molecule has 0 N–H and O–H groups in total. The van der Waals surface area contributed by atoms with Crippen LogP contribution in [0.4, 0.5) is 13.2 Å². The van der Waals surface area contributed by atoms with Gasteiger partial charge >= 0.3 is 6.36 Å². The summed E-state index contributed by atoms with van der Waals surface area (Å²) in [6, 6.07) is 5.59. The van der Waals surface area contributed by atoms with Gasteiger partial charge in [-0.25, -0.2) is 4.52 Å². The largest absolute Gasteiger partial charge is 0.573 e. The van der Waals surface area contributed by atoms with Crippen LogP contribution in [0, 0.1) is 6.92 Å². The Balaban J connectivity index is 2.16. The highest BCUT2D eigenvalue weighted by Gasteiger charge is 2.31. The maximum absolute atomic E-state index is 13.3. The van der Waals surface area contributed by atoms with Gasteiger partial charge in [-0.1, -0.05) is 38.3 Å². The molecule has 0 radical (unpaired) electrons. The van der Waals surface area contributed by atoms with Crippen molar-refractivity contribution in [2.24, 2.45) is 7.05 Å². The normalized spacial score (nSPS) is 12.2. The number of fused-ring (bicyclic) bond motifs is 1. The molecule has 0 spiro atoms. The molecule has 31 heavy (non-hydrogen) atoms. The van der Waals surface area contributed by atoms with Crippen LogP contribution in [-0.4, -0.2) is 20.5 Å². The minimum Gasteiger partial charge on any atom is -0.406 e. The number of ether oxygens (including phenoxy) is 1. The fraction of sp³-hybridized carbons (Fsp3) is 0.455. The van der Waals surface area contributed by atoms with Gasteiger partial charge in [0.05, 0.1) is 5.02 Å². The summed E-state index contributed by atoms with van der Waals surface area (Å²) in [6.45, 7) is 6.12. The van der Waals surface area contributed by atoms with Crippen LogP contribution in [0.25, 0.3) is 16.9 Å². The smallest absolute Gasteiger partial charge is 0.406 e. The topological polar surface area (TPSA) is 48.5 Å². The Hall–Kier alpha value is -2.48. The van der Waals surface area contributed by atoms with Gasteiger partial charge in [0, 0.05) is 18.3 Å². The highest BCUT2D eigenvalue weighted by atomic mass is 35.5. The second-order valence-corrected chi connectivity index (χ2v) is 8.06. The van der Waals surface area contributed by atoms with Crippen LogP contribution in [0.2, 0.25) is 5.02 Å². The van der Waals surface area contributed by atoms with Gasteiger partial charge < -0.3 is 4.74 Å². The van der Waals surface area contributed by atoms with Crippen molar-refractivity contribution in [1.29, 1.82) is 0 Å². The van der Waals surface area contributed by atoms with Gasteiger partial charge in [-0.2, -0.15) is 0 Å². The van der Waals surface area contributed by atoms with E-state index in [1.807, 2.05) is 13.0 Å². The molecule has 0 aliphatic carbocycles. The summed E-state index contributed by atoms with van der Waals surface area (Å²) in [6.07, 6.45) is -0.848. The first-order valence-corrected chi connectivity index (χ1v) is 10.6. The monoisotopic (exact) mass is 455 g/mol. The number of nitrogens with zero attached hydrogens (tertiary/aromatic N) is 3. The van der Waals surface area contributed by atoms with Gasteiger partial charge in [0.15, 0.2) is 5.82 Å². The summed E-state index contributed by atoms with van der Waals surface area (Å²) in [5, 5.41) is 4.63. The molecule has 2 heterocycles. The quantitative estimate of drug-likeness (QED) is 0.423. The van der Waals surface area contributed by atoms with Crippen molar-refractivity contribution in [3.05, 3.63) is 50.9 Å². The third kappa shape index (κ3) is 4.74. The fourth-order valence-corrected chi connectivity index (χ4v) is 4.24. The minimum atomic E-state index is -4.82. The molecular formula is C22H25ClF3N3O2. The standard InChI is InChI=1S/C22H25ClF3N3O2/c1-5-7-14(8-6-2)17-11-13(3)29-19(17)21(30)28(4)20(27-29)16-10-9-15(12-18(16)23)31-22(24,25)26/h9-12,14H,5-8H2,1-4H3. The SMILES string of the molecule is CCCC(CCC)c1cc(C)n2nc(-c3ccc(OC(F)(F)F)cc3Cl)n(C)c(=O)c12. The van der Waals surface area contributed by atoms with Crippen LogP contribution in [0.1, 0.15) is 56.7 Å². The van der Waals surface area contributed by atoms with Gasteiger partial charge in [-0.3, -0.25) is 9.36 Å². The average Bonchev–Trinajstić information content (AvgIpc) is 3.00. The van der Waals surface area contributed by atoms with E-state index in [0.29, 0.717) is 11.1 Å². The Morgan fingerprint density at radius 1 is 1.16 bits per heavy atom. The number of rotatable bonds is 7. The predicted molar refractivity (Wildman–Crippen MR) is 115 cm³/mol. The first-order valence-electron chi connectivity index (χ1n) is 10.2. The van der Waals surface area contributed by atoms with Gasteiger partial charge in [0.25, 0.3) is 5.56 Å². The van der Waals surface area contributed by atoms with Crippen molar-refractivity contribution in [3.8, 4) is 17.1 Å². The van der Waals surface area contributed by atoms with Crippen LogP contribution in [0.15, 0.2) is 29.1 Å². The first kappa shape index (κ1) is 23.2. The summed E-state index contributed by atoms with van der Waals surface area (Å²) in [7, 11) is 1.59. The summed E-state index contributed by atoms with van der Waals surface area (Å²) < 4.78 is 44.4. The number of hydrogen-bond acceptors (Lipinski definition) is 3. The predicted octanol–water partition coefficient (Wildman–Crippen LogP) is 6.24. The van der Waals surface area contributed by atoms with Crippen molar-refractivity contribution < 1.29 is 17.9 Å². The van der Waals surface area contributed by atoms with E-state index >= 15 is 0 Å². The van der Waals surface area contributed by atoms with E-state index in [2.05, 4.69) is 23.7 Å². The third-order valence-corrected chi connectivity index (χ3v) is 5.65. The minimum absolute atomic E-state index is 0.00322. The summed E-state index contributed by atoms with van der Waals surface area (Å²) in [5.41, 5.74) is 2.45. The molecule has 0 atom stereocenters. The lowest BCUT2D eigenvalue weighted by Crippen LogP contribution is -2.24. The highest BCUT2D eigenvalue weighted by Crippen LogP contribution is 2.34. The second kappa shape index (κ2) is 8.94. The molecule has 0 fully saturated rings. The van der Waals surface area contributed by atoms with E-state index in [4.69, 9.17) is 11.6 Å². The molecule has 3 rings (SSSR count). The zero-order valence-corrected chi connectivity index (χ0v) is 18.6. The molecule has 0 saturated carbocycles. The molecular weight excluding hydrogens is 431 g/mol. The fourth-order valence-electron chi connectivity index (χ4n) is 3.99. The Labute approximate surface area is 183 Å². The number of benzene rings is 1. The summed E-state index contributed by atoms with van der Waals surface area (Å²) in [5.74, 6) is 0.0870. The average molecular weight is 456 g/mol. The maximum Gasteiger partial charge on any atom is 0.573 e. The second-order valence-electron chi connectivity index (χ2n) is 7.65. The Morgan fingerprint density at radius 2 is 1.81 bits per heavy atom. The number of aryl methyl sites for hydroxylation is 1. The lowest BCUT2D eigenvalue weighted by Gasteiger charge is -2.16. The van der Waals surface area contributed by atoms with Crippen LogP contribution in [-0.2, 0) is 7.05 Å². The van der Waals surface area contributed by atoms with Gasteiger partial charge in [0.1, 0.15) is 11.3 Å². The molecule has 1 aromatic carbocycles. The highest BCUT2D eigenvalue weighted by molar-refractivity contribution is 6.33. The Bertz CT molecular complexity index is 1150. The first-order chi connectivity index (χ1) is 14.6. The van der Waals surface area contributed by atoms with Crippen molar-refractivity contribution in [2.45, 2.75) is 58.7 Å². The molecule has 0 amide bonds.